The summed E-state index contributed by atoms with van der Waals surface area (Å²) in [5.74, 6) is -1.08. The average molecular weight is 537 g/mol. The summed E-state index contributed by atoms with van der Waals surface area (Å²) in [6, 6.07) is 5.42. The zero-order chi connectivity index (χ0) is 26.6. The molecule has 3 N–H and O–H groups in total. The first-order chi connectivity index (χ1) is 17.7. The first-order valence-electron chi connectivity index (χ1n) is 13.4. The van der Waals surface area contributed by atoms with E-state index < -0.39 is 28.0 Å². The number of ether oxygens (including phenoxy) is 1. The van der Waals surface area contributed by atoms with Crippen molar-refractivity contribution in [2.45, 2.75) is 51.0 Å². The summed E-state index contributed by atoms with van der Waals surface area (Å²) < 4.78 is 31.9. The van der Waals surface area contributed by atoms with E-state index in [1.807, 2.05) is 23.1 Å². The molecule has 0 saturated carbocycles. The van der Waals surface area contributed by atoms with E-state index in [-0.39, 0.29) is 30.7 Å². The number of amides is 1. The Balaban J connectivity index is 1.59. The fourth-order valence-corrected chi connectivity index (χ4v) is 7.53. The summed E-state index contributed by atoms with van der Waals surface area (Å²) >= 11 is 0. The number of carboxylic acids is 1. The van der Waals surface area contributed by atoms with Crippen LogP contribution in [0, 0.1) is 5.92 Å². The number of carboxylic acid groups (broad SMARTS) is 1. The number of nitrogens with zero attached hydrogens (tertiary/aromatic N) is 3. The molecule has 0 radical (unpaired) electrons. The van der Waals surface area contributed by atoms with Crippen molar-refractivity contribution in [3.63, 3.8) is 0 Å². The maximum absolute atomic E-state index is 13.3. The topological polar surface area (TPSA) is 133 Å². The van der Waals surface area contributed by atoms with Crippen LogP contribution >= 0.6 is 0 Å². The van der Waals surface area contributed by atoms with Gasteiger partial charge in [0.2, 0.25) is 15.9 Å². The monoisotopic (exact) mass is 536 g/mol. The van der Waals surface area contributed by atoms with Crippen LogP contribution in [0.25, 0.3) is 0 Å². The predicted octanol–water partition coefficient (Wildman–Crippen LogP) is 1.10. The fourth-order valence-electron chi connectivity index (χ4n) is 5.99. The molecule has 3 atom stereocenters. The highest BCUT2D eigenvalue weighted by molar-refractivity contribution is 7.89. The summed E-state index contributed by atoms with van der Waals surface area (Å²) in [6.07, 6.45) is 3.57. The molecule has 3 aliphatic rings. The number of aliphatic carboxylic acids is 1. The van der Waals surface area contributed by atoms with Crippen molar-refractivity contribution >= 4 is 21.9 Å². The lowest BCUT2D eigenvalue weighted by atomic mass is 9.83. The van der Waals surface area contributed by atoms with Crippen molar-refractivity contribution in [1.82, 2.24) is 14.1 Å². The number of sulfonamides is 1. The molecule has 0 aliphatic carbocycles. The molecule has 4 rings (SSSR count). The molecule has 10 nitrogen and oxygen atoms in total. The van der Waals surface area contributed by atoms with Crippen LogP contribution in [0.5, 0.6) is 5.75 Å². The largest absolute Gasteiger partial charge is 0.493 e. The lowest BCUT2D eigenvalue weighted by Gasteiger charge is -2.30. The molecule has 3 aliphatic heterocycles. The van der Waals surface area contributed by atoms with Gasteiger partial charge in [0.1, 0.15) is 5.75 Å². The van der Waals surface area contributed by atoms with Gasteiger partial charge in [-0.05, 0) is 36.5 Å². The van der Waals surface area contributed by atoms with E-state index in [2.05, 4.69) is 6.92 Å². The Morgan fingerprint density at radius 1 is 1.27 bits per heavy atom. The average Bonchev–Trinajstić information content (AvgIpc) is 3.56. The number of hydrogen-bond acceptors (Lipinski definition) is 7. The van der Waals surface area contributed by atoms with Crippen molar-refractivity contribution in [3.05, 3.63) is 29.3 Å². The van der Waals surface area contributed by atoms with Crippen molar-refractivity contribution in [2.24, 2.45) is 11.7 Å². The van der Waals surface area contributed by atoms with Gasteiger partial charge in [-0.2, -0.15) is 0 Å². The summed E-state index contributed by atoms with van der Waals surface area (Å²) in [7, 11) is -3.30. The summed E-state index contributed by atoms with van der Waals surface area (Å²) in [6.45, 7) is 5.36. The Labute approximate surface area is 219 Å². The Morgan fingerprint density at radius 2 is 2.08 bits per heavy atom. The first-order valence-corrected chi connectivity index (χ1v) is 15.0. The summed E-state index contributed by atoms with van der Waals surface area (Å²) in [5.41, 5.74) is 7.76. The van der Waals surface area contributed by atoms with Gasteiger partial charge in [0.05, 0.1) is 24.8 Å². The second kappa shape index (κ2) is 12.1. The molecule has 2 saturated heterocycles. The molecule has 0 bridgehead atoms. The van der Waals surface area contributed by atoms with Crippen molar-refractivity contribution in [2.75, 3.05) is 58.2 Å². The van der Waals surface area contributed by atoms with E-state index in [9.17, 15) is 23.1 Å². The minimum atomic E-state index is -3.30. The highest BCUT2D eigenvalue weighted by Crippen LogP contribution is 2.41. The highest BCUT2D eigenvalue weighted by atomic mass is 32.2. The number of benzene rings is 1. The summed E-state index contributed by atoms with van der Waals surface area (Å²) in [5, 5.41) is 10.4. The minimum absolute atomic E-state index is 0.0650. The van der Waals surface area contributed by atoms with Crippen LogP contribution < -0.4 is 10.5 Å². The molecular weight excluding hydrogens is 496 g/mol. The number of rotatable bonds is 12. The zero-order valence-electron chi connectivity index (χ0n) is 21.7. The molecule has 1 unspecified atom stereocenters. The molecular formula is C26H40N4O6S. The predicted molar refractivity (Wildman–Crippen MR) is 140 cm³/mol. The normalized spacial score (nSPS) is 25.2. The van der Waals surface area contributed by atoms with Gasteiger partial charge in [-0.3, -0.25) is 14.5 Å². The minimum Gasteiger partial charge on any atom is -0.493 e. The van der Waals surface area contributed by atoms with Crippen LogP contribution in [0.2, 0.25) is 0 Å². The van der Waals surface area contributed by atoms with Gasteiger partial charge in [0, 0.05) is 57.6 Å². The van der Waals surface area contributed by atoms with E-state index in [1.54, 1.807) is 4.90 Å². The van der Waals surface area contributed by atoms with Crippen LogP contribution in [-0.4, -0.2) is 104 Å². The Hall–Kier alpha value is -2.21. The number of carbonyl (C=O) groups excluding carboxylic acids is 1. The van der Waals surface area contributed by atoms with E-state index in [1.165, 1.54) is 4.31 Å². The third kappa shape index (κ3) is 6.27. The van der Waals surface area contributed by atoms with E-state index in [4.69, 9.17) is 10.5 Å². The molecule has 1 amide bonds. The lowest BCUT2D eigenvalue weighted by Crippen LogP contribution is -2.46. The molecule has 3 heterocycles. The van der Waals surface area contributed by atoms with Gasteiger partial charge in [0.25, 0.3) is 0 Å². The number of fused-ring (bicyclic) bond motifs is 1. The van der Waals surface area contributed by atoms with Gasteiger partial charge in [0.15, 0.2) is 0 Å². The number of likely N-dealkylation sites (tertiary alicyclic amines) is 1. The smallest absolute Gasteiger partial charge is 0.308 e. The Morgan fingerprint density at radius 3 is 2.76 bits per heavy atom. The molecule has 2 fully saturated rings. The SMILES string of the molecule is CCCCN(CCN)C(=O)CN1C[C@H](c2ccc3c(c2)CCO3)C(C(=O)O)[C@@H]1CCN1CCCS1(=O)=O. The maximum atomic E-state index is 13.3. The lowest BCUT2D eigenvalue weighted by molar-refractivity contribution is -0.143. The van der Waals surface area contributed by atoms with E-state index in [0.29, 0.717) is 52.2 Å². The second-order valence-corrected chi connectivity index (χ2v) is 12.4. The van der Waals surface area contributed by atoms with Crippen LogP contribution in [0.4, 0.5) is 0 Å². The molecule has 0 aromatic heterocycles. The Bertz CT molecular complexity index is 1080. The van der Waals surface area contributed by atoms with E-state index in [0.717, 1.165) is 36.1 Å². The van der Waals surface area contributed by atoms with Crippen LogP contribution in [-0.2, 0) is 26.0 Å². The van der Waals surface area contributed by atoms with Crippen molar-refractivity contribution in [1.29, 1.82) is 0 Å². The molecule has 11 heteroatoms. The van der Waals surface area contributed by atoms with E-state index >= 15 is 0 Å². The number of carbonyl (C=O) groups is 2. The van der Waals surface area contributed by atoms with Gasteiger partial charge >= 0.3 is 5.97 Å². The molecule has 206 valence electrons. The zero-order valence-corrected chi connectivity index (χ0v) is 22.5. The fraction of sp³-hybridized carbons (Fsp3) is 0.692. The van der Waals surface area contributed by atoms with Crippen molar-refractivity contribution in [3.8, 4) is 5.75 Å². The van der Waals surface area contributed by atoms with Crippen LogP contribution in [0.3, 0.4) is 0 Å². The van der Waals surface area contributed by atoms with Gasteiger partial charge < -0.3 is 20.5 Å². The highest BCUT2D eigenvalue weighted by Gasteiger charge is 2.47. The quantitative estimate of drug-likeness (QED) is 0.406. The molecule has 0 spiro atoms. The number of hydrogen-bond donors (Lipinski definition) is 2. The van der Waals surface area contributed by atoms with Crippen molar-refractivity contribution < 1.29 is 27.9 Å². The van der Waals surface area contributed by atoms with Crippen LogP contribution in [0.1, 0.15) is 49.7 Å². The third-order valence-corrected chi connectivity index (χ3v) is 9.88. The van der Waals surface area contributed by atoms with Gasteiger partial charge in [-0.1, -0.05) is 25.5 Å². The Kier molecular flexibility index (Phi) is 9.10. The second-order valence-electron chi connectivity index (χ2n) is 10.3. The third-order valence-electron chi connectivity index (χ3n) is 7.92. The van der Waals surface area contributed by atoms with Crippen LogP contribution in [0.15, 0.2) is 18.2 Å². The summed E-state index contributed by atoms with van der Waals surface area (Å²) in [4.78, 5) is 29.7. The maximum Gasteiger partial charge on any atom is 0.308 e. The number of nitrogens with two attached hydrogens (primary N) is 1. The standard InChI is InChI=1S/C26H40N4O6S/c1-2-3-10-28(13-9-27)24(31)18-29-17-21(19-5-6-23-20(16-19)8-14-36-23)25(26(32)33)22(29)7-12-30-11-4-15-37(30,34)35/h5-6,16,21-22,25H,2-4,7-15,17-18,27H2,1H3,(H,32,33)/t21-,22+,25?/m1/s1. The molecule has 1 aromatic rings. The molecule has 1 aromatic carbocycles. The first kappa shape index (κ1) is 27.8. The van der Waals surface area contributed by atoms with Gasteiger partial charge in [-0.25, -0.2) is 12.7 Å². The van der Waals surface area contributed by atoms with Gasteiger partial charge in [-0.15, -0.1) is 0 Å². The molecule has 37 heavy (non-hydrogen) atoms. The number of unbranched alkanes of at least 4 members (excludes halogenated alkanes) is 1.